The third kappa shape index (κ3) is 5.63. The van der Waals surface area contributed by atoms with Crippen LogP contribution in [0.1, 0.15) is 12.0 Å². The molecule has 20 heavy (non-hydrogen) atoms. The number of hydrogen-bond acceptors (Lipinski definition) is 3. The SMILES string of the molecule is CN(CC(=O)N(C)CCC(N)=S)Cc1ccccc1F. The van der Waals surface area contributed by atoms with Crippen molar-refractivity contribution < 1.29 is 9.18 Å². The molecule has 0 bridgehead atoms. The summed E-state index contributed by atoms with van der Waals surface area (Å²) in [7, 11) is 3.49. The van der Waals surface area contributed by atoms with Crippen LogP contribution in [0.3, 0.4) is 0 Å². The molecular weight excluding hydrogens is 277 g/mol. The molecule has 110 valence electrons. The molecule has 4 nitrogen and oxygen atoms in total. The van der Waals surface area contributed by atoms with Crippen LogP contribution in [0.25, 0.3) is 0 Å². The van der Waals surface area contributed by atoms with Gasteiger partial charge in [0.2, 0.25) is 5.91 Å². The fourth-order valence-corrected chi connectivity index (χ4v) is 1.82. The first-order chi connectivity index (χ1) is 9.40. The van der Waals surface area contributed by atoms with Crippen molar-refractivity contribution in [3.05, 3.63) is 35.6 Å². The van der Waals surface area contributed by atoms with Gasteiger partial charge in [0.1, 0.15) is 5.82 Å². The van der Waals surface area contributed by atoms with Crippen LogP contribution in [-0.4, -0.2) is 47.9 Å². The van der Waals surface area contributed by atoms with Gasteiger partial charge in [0.15, 0.2) is 0 Å². The number of amides is 1. The number of carbonyl (C=O) groups is 1. The van der Waals surface area contributed by atoms with E-state index >= 15 is 0 Å². The van der Waals surface area contributed by atoms with E-state index in [0.717, 1.165) is 0 Å². The Labute approximate surface area is 124 Å². The maximum Gasteiger partial charge on any atom is 0.236 e. The predicted octanol–water partition coefficient (Wildman–Crippen LogP) is 1.39. The summed E-state index contributed by atoms with van der Waals surface area (Å²) < 4.78 is 13.5. The van der Waals surface area contributed by atoms with E-state index in [1.54, 1.807) is 42.1 Å². The first kappa shape index (κ1) is 16.5. The molecule has 6 heteroatoms. The molecule has 0 fully saturated rings. The average molecular weight is 297 g/mol. The topological polar surface area (TPSA) is 49.6 Å². The summed E-state index contributed by atoms with van der Waals surface area (Å²) in [5, 5.41) is 0. The monoisotopic (exact) mass is 297 g/mol. The fourth-order valence-electron chi connectivity index (χ4n) is 1.73. The van der Waals surface area contributed by atoms with Gasteiger partial charge in [-0.2, -0.15) is 0 Å². The Morgan fingerprint density at radius 1 is 1.35 bits per heavy atom. The number of nitrogens with two attached hydrogens (primary N) is 1. The molecule has 0 aromatic heterocycles. The highest BCUT2D eigenvalue weighted by Gasteiger charge is 2.13. The lowest BCUT2D eigenvalue weighted by molar-refractivity contribution is -0.130. The van der Waals surface area contributed by atoms with Crippen LogP contribution >= 0.6 is 12.2 Å². The summed E-state index contributed by atoms with van der Waals surface area (Å²) in [4.78, 5) is 15.7. The van der Waals surface area contributed by atoms with E-state index in [0.29, 0.717) is 30.1 Å². The molecule has 0 unspecified atom stereocenters. The van der Waals surface area contributed by atoms with E-state index in [2.05, 4.69) is 0 Å². The lowest BCUT2D eigenvalue weighted by atomic mass is 10.2. The minimum atomic E-state index is -0.256. The number of carbonyl (C=O) groups excluding carboxylic acids is 1. The third-order valence-electron chi connectivity index (χ3n) is 2.92. The van der Waals surface area contributed by atoms with Crippen LogP contribution in [0.15, 0.2) is 24.3 Å². The molecule has 1 amide bonds. The number of thiocarbonyl (C=S) groups is 1. The summed E-state index contributed by atoms with van der Waals surface area (Å²) in [5.41, 5.74) is 5.98. The molecule has 1 aromatic rings. The summed E-state index contributed by atoms with van der Waals surface area (Å²) in [6.07, 6.45) is 0.509. The van der Waals surface area contributed by atoms with Crippen LogP contribution in [0, 0.1) is 5.82 Å². The Bertz CT molecular complexity index is 481. The quantitative estimate of drug-likeness (QED) is 0.773. The van der Waals surface area contributed by atoms with Crippen LogP contribution in [-0.2, 0) is 11.3 Å². The molecule has 0 aliphatic carbocycles. The highest BCUT2D eigenvalue weighted by molar-refractivity contribution is 7.80. The molecule has 0 aliphatic heterocycles. The van der Waals surface area contributed by atoms with Gasteiger partial charge < -0.3 is 10.6 Å². The van der Waals surface area contributed by atoms with Crippen molar-refractivity contribution in [3.63, 3.8) is 0 Å². The maximum absolute atomic E-state index is 13.5. The predicted molar refractivity (Wildman–Crippen MR) is 81.8 cm³/mol. The number of hydrogen-bond donors (Lipinski definition) is 1. The molecule has 0 radical (unpaired) electrons. The van der Waals surface area contributed by atoms with E-state index in [1.165, 1.54) is 6.07 Å². The zero-order valence-electron chi connectivity index (χ0n) is 11.8. The first-order valence-corrected chi connectivity index (χ1v) is 6.75. The molecule has 0 heterocycles. The molecule has 2 N–H and O–H groups in total. The van der Waals surface area contributed by atoms with Crippen LogP contribution < -0.4 is 5.73 Å². The van der Waals surface area contributed by atoms with Gasteiger partial charge in [-0.3, -0.25) is 9.69 Å². The van der Waals surface area contributed by atoms with Crippen molar-refractivity contribution in [3.8, 4) is 0 Å². The van der Waals surface area contributed by atoms with Crippen molar-refractivity contribution in [2.45, 2.75) is 13.0 Å². The highest BCUT2D eigenvalue weighted by Crippen LogP contribution is 2.08. The van der Waals surface area contributed by atoms with Gasteiger partial charge in [-0.25, -0.2) is 4.39 Å². The summed E-state index contributed by atoms with van der Waals surface area (Å²) in [6, 6.07) is 6.56. The number of nitrogens with zero attached hydrogens (tertiary/aromatic N) is 2. The summed E-state index contributed by atoms with van der Waals surface area (Å²) in [6.45, 7) is 1.12. The highest BCUT2D eigenvalue weighted by atomic mass is 32.1. The molecule has 1 rings (SSSR count). The van der Waals surface area contributed by atoms with Gasteiger partial charge in [-0.1, -0.05) is 30.4 Å². The van der Waals surface area contributed by atoms with Gasteiger partial charge >= 0.3 is 0 Å². The number of likely N-dealkylation sites (N-methyl/N-ethyl adjacent to an activating group) is 2. The Hall–Kier alpha value is -1.53. The second kappa shape index (κ2) is 7.91. The Morgan fingerprint density at radius 3 is 2.60 bits per heavy atom. The van der Waals surface area contributed by atoms with Gasteiger partial charge in [-0.05, 0) is 13.1 Å². The van der Waals surface area contributed by atoms with E-state index in [4.69, 9.17) is 18.0 Å². The van der Waals surface area contributed by atoms with E-state index < -0.39 is 0 Å². The van der Waals surface area contributed by atoms with Crippen molar-refractivity contribution in [1.29, 1.82) is 0 Å². The lowest BCUT2D eigenvalue weighted by Gasteiger charge is -2.22. The largest absolute Gasteiger partial charge is 0.393 e. The normalized spacial score (nSPS) is 10.6. The number of benzene rings is 1. The van der Waals surface area contributed by atoms with Crippen LogP contribution in [0.5, 0.6) is 0 Å². The van der Waals surface area contributed by atoms with Crippen LogP contribution in [0.4, 0.5) is 4.39 Å². The second-order valence-electron chi connectivity index (χ2n) is 4.80. The zero-order chi connectivity index (χ0) is 15.1. The second-order valence-corrected chi connectivity index (χ2v) is 5.32. The zero-order valence-corrected chi connectivity index (χ0v) is 12.6. The Balaban J connectivity index is 2.45. The lowest BCUT2D eigenvalue weighted by Crippen LogP contribution is -2.37. The van der Waals surface area contributed by atoms with Crippen molar-refractivity contribution in [1.82, 2.24) is 9.80 Å². The molecule has 0 saturated carbocycles. The summed E-state index contributed by atoms with van der Waals surface area (Å²) >= 11 is 4.78. The van der Waals surface area contributed by atoms with Crippen LogP contribution in [0.2, 0.25) is 0 Å². The van der Waals surface area contributed by atoms with Crippen molar-refractivity contribution >= 4 is 23.1 Å². The molecule has 0 atom stereocenters. The average Bonchev–Trinajstić information content (AvgIpc) is 2.38. The molecule has 0 spiro atoms. The van der Waals surface area contributed by atoms with Gasteiger partial charge in [0.25, 0.3) is 0 Å². The standard InChI is InChI=1S/C14H20FN3OS/c1-17(9-11-5-3-4-6-12(11)15)10-14(19)18(2)8-7-13(16)20/h3-6H,7-10H2,1-2H3,(H2,16,20). The van der Waals surface area contributed by atoms with Gasteiger partial charge in [0.05, 0.1) is 11.5 Å². The van der Waals surface area contributed by atoms with E-state index in [1.807, 2.05) is 0 Å². The Morgan fingerprint density at radius 2 is 2.00 bits per heavy atom. The van der Waals surface area contributed by atoms with E-state index in [9.17, 15) is 9.18 Å². The number of rotatable bonds is 7. The number of halogens is 1. The minimum Gasteiger partial charge on any atom is -0.393 e. The van der Waals surface area contributed by atoms with Gasteiger partial charge in [0, 0.05) is 32.1 Å². The minimum absolute atomic E-state index is 0.0416. The third-order valence-corrected chi connectivity index (χ3v) is 3.13. The maximum atomic E-state index is 13.5. The van der Waals surface area contributed by atoms with E-state index in [-0.39, 0.29) is 18.3 Å². The fraction of sp³-hybridized carbons (Fsp3) is 0.429. The molecular formula is C14H20FN3OS. The summed E-state index contributed by atoms with van der Waals surface area (Å²) in [5.74, 6) is -0.297. The van der Waals surface area contributed by atoms with Crippen molar-refractivity contribution in [2.24, 2.45) is 5.73 Å². The molecule has 0 saturated heterocycles. The van der Waals surface area contributed by atoms with Crippen molar-refractivity contribution in [2.75, 3.05) is 27.2 Å². The smallest absolute Gasteiger partial charge is 0.236 e. The molecule has 0 aliphatic rings. The first-order valence-electron chi connectivity index (χ1n) is 6.34. The van der Waals surface area contributed by atoms with Gasteiger partial charge in [-0.15, -0.1) is 0 Å². The Kier molecular flexibility index (Phi) is 6.54. The molecule has 1 aromatic carbocycles.